The molecule has 2 N–H and O–H groups in total. The molecule has 2 aromatic rings. The van der Waals surface area contributed by atoms with Gasteiger partial charge in [-0.2, -0.15) is 0 Å². The molecule has 0 saturated carbocycles. The van der Waals surface area contributed by atoms with E-state index in [2.05, 4.69) is 15.6 Å². The Bertz CT molecular complexity index is 1010. The molecular weight excluding hydrogens is 410 g/mol. The Morgan fingerprint density at radius 3 is 2.93 bits per heavy atom. The summed E-state index contributed by atoms with van der Waals surface area (Å²) in [7, 11) is -3.00. The van der Waals surface area contributed by atoms with Gasteiger partial charge in [0, 0.05) is 10.8 Å². The van der Waals surface area contributed by atoms with Gasteiger partial charge in [0.2, 0.25) is 0 Å². The molecule has 0 spiro atoms. The van der Waals surface area contributed by atoms with Crippen LogP contribution in [0, 0.1) is 0 Å². The molecule has 142 valence electrons. The summed E-state index contributed by atoms with van der Waals surface area (Å²) in [5, 5.41) is 6.91. The highest BCUT2D eigenvalue weighted by Gasteiger charge is 2.42. The number of aliphatic imine (C=N–C) groups is 1. The van der Waals surface area contributed by atoms with Crippen LogP contribution in [0.25, 0.3) is 0 Å². The molecule has 10 heteroatoms. The molecule has 2 atom stereocenters. The van der Waals surface area contributed by atoms with Crippen molar-refractivity contribution in [1.29, 1.82) is 0 Å². The van der Waals surface area contributed by atoms with Crippen molar-refractivity contribution in [3.8, 4) is 0 Å². The first-order valence-corrected chi connectivity index (χ1v) is 11.3. The first-order valence-electron chi connectivity index (χ1n) is 8.22. The van der Waals surface area contributed by atoms with Crippen LogP contribution in [0.4, 0.5) is 5.69 Å². The molecule has 4 rings (SSSR count). The van der Waals surface area contributed by atoms with Crippen LogP contribution in [0.5, 0.6) is 0 Å². The van der Waals surface area contributed by atoms with Gasteiger partial charge >= 0.3 is 0 Å². The van der Waals surface area contributed by atoms with Crippen LogP contribution in [-0.2, 0) is 16.4 Å². The Morgan fingerprint density at radius 1 is 1.33 bits per heavy atom. The third kappa shape index (κ3) is 4.15. The van der Waals surface area contributed by atoms with E-state index < -0.39 is 9.84 Å². The summed E-state index contributed by atoms with van der Waals surface area (Å²) in [6, 6.07) is 8.23. The van der Waals surface area contributed by atoms with Crippen molar-refractivity contribution in [3.05, 3.63) is 52.9 Å². The van der Waals surface area contributed by atoms with Crippen molar-refractivity contribution in [2.75, 3.05) is 16.8 Å². The minimum Gasteiger partial charge on any atom is -0.467 e. The topological polar surface area (TPSA) is 101 Å². The summed E-state index contributed by atoms with van der Waals surface area (Å²) in [4.78, 5) is 16.8. The van der Waals surface area contributed by atoms with Gasteiger partial charge in [0.05, 0.1) is 41.1 Å². The number of halogens is 1. The average molecular weight is 426 g/mol. The quantitative estimate of drug-likeness (QED) is 0.780. The van der Waals surface area contributed by atoms with Crippen LogP contribution in [-0.4, -0.2) is 42.3 Å². The minimum atomic E-state index is -3.00. The first-order chi connectivity index (χ1) is 12.9. The molecule has 0 aliphatic carbocycles. The van der Waals surface area contributed by atoms with Crippen LogP contribution in [0.2, 0.25) is 5.02 Å². The highest BCUT2D eigenvalue weighted by Crippen LogP contribution is 2.35. The van der Waals surface area contributed by atoms with Gasteiger partial charge in [-0.25, -0.2) is 8.42 Å². The fourth-order valence-electron chi connectivity index (χ4n) is 2.98. The number of nitrogens with zero attached hydrogens (tertiary/aromatic N) is 1. The van der Waals surface area contributed by atoms with Gasteiger partial charge in [0.25, 0.3) is 5.91 Å². The monoisotopic (exact) mass is 425 g/mol. The van der Waals surface area contributed by atoms with Crippen LogP contribution >= 0.6 is 23.4 Å². The predicted octanol–water partition coefficient (Wildman–Crippen LogP) is 2.54. The van der Waals surface area contributed by atoms with E-state index in [1.165, 1.54) is 11.8 Å². The van der Waals surface area contributed by atoms with Gasteiger partial charge in [0.1, 0.15) is 5.76 Å². The normalized spacial score (nSPS) is 22.9. The number of anilines is 1. The number of amidine groups is 1. The second-order valence-corrected chi connectivity index (χ2v) is 10.1. The lowest BCUT2D eigenvalue weighted by Crippen LogP contribution is -2.22. The molecule has 2 aliphatic rings. The van der Waals surface area contributed by atoms with Gasteiger partial charge in [0.15, 0.2) is 15.0 Å². The van der Waals surface area contributed by atoms with E-state index in [4.69, 9.17) is 16.0 Å². The molecule has 1 aromatic heterocycles. The third-order valence-electron chi connectivity index (χ3n) is 4.29. The van der Waals surface area contributed by atoms with Crippen LogP contribution < -0.4 is 10.6 Å². The molecule has 7 nitrogen and oxygen atoms in total. The Hall–Kier alpha value is -1.97. The lowest BCUT2D eigenvalue weighted by atomic mass is 10.2. The van der Waals surface area contributed by atoms with E-state index >= 15 is 0 Å². The fourth-order valence-corrected chi connectivity index (χ4v) is 6.81. The summed E-state index contributed by atoms with van der Waals surface area (Å²) in [5.41, 5.74) is 0.997. The zero-order chi connectivity index (χ0) is 19.0. The van der Waals surface area contributed by atoms with Crippen molar-refractivity contribution in [2.45, 2.75) is 17.8 Å². The highest BCUT2D eigenvalue weighted by atomic mass is 35.5. The number of hydrogen-bond donors (Lipinski definition) is 2. The second kappa shape index (κ2) is 7.21. The van der Waals surface area contributed by atoms with Crippen molar-refractivity contribution >= 4 is 50.0 Å². The number of rotatable bonds is 4. The number of benzene rings is 1. The number of carbonyl (C=O) groups is 1. The van der Waals surface area contributed by atoms with Crippen molar-refractivity contribution < 1.29 is 17.6 Å². The summed E-state index contributed by atoms with van der Waals surface area (Å²) < 4.78 is 28.5. The van der Waals surface area contributed by atoms with Gasteiger partial charge in [-0.1, -0.05) is 23.4 Å². The standard InChI is InChI=1S/C17H16ClN3O4S2/c18-12-4-3-10(16(22)19-7-11-2-1-5-25-11)6-13(12)20-17-21-14-8-27(23,24)9-15(14)26-17/h1-6,14-15H,7-9H2,(H,19,22)(H,20,21). The number of nitrogens with one attached hydrogen (secondary N) is 2. The number of carbonyl (C=O) groups excluding carboxylic acids is 1. The Labute approximate surface area is 165 Å². The average Bonchev–Trinajstić information content (AvgIpc) is 3.29. The molecule has 1 aromatic carbocycles. The number of thioether (sulfide) groups is 1. The minimum absolute atomic E-state index is 0.0592. The van der Waals surface area contributed by atoms with Gasteiger partial charge in [-0.3, -0.25) is 9.79 Å². The lowest BCUT2D eigenvalue weighted by molar-refractivity contribution is 0.0948. The maximum Gasteiger partial charge on any atom is 0.251 e. The number of furan rings is 1. The van der Waals surface area contributed by atoms with Crippen molar-refractivity contribution in [2.24, 2.45) is 4.99 Å². The number of fused-ring (bicyclic) bond motifs is 1. The molecule has 0 bridgehead atoms. The smallest absolute Gasteiger partial charge is 0.251 e. The molecular formula is C17H16ClN3O4S2. The maximum atomic E-state index is 12.3. The number of hydrogen-bond acceptors (Lipinski definition) is 7. The van der Waals surface area contributed by atoms with E-state index in [1.54, 1.807) is 36.6 Å². The molecule has 2 unspecified atom stereocenters. The SMILES string of the molecule is O=C(NCc1ccco1)c1ccc(Cl)c(NC2=NC3CS(=O)(=O)CC3S2)c1. The first kappa shape index (κ1) is 18.4. The summed E-state index contributed by atoms with van der Waals surface area (Å²) >= 11 is 7.63. The summed E-state index contributed by atoms with van der Waals surface area (Å²) in [5.74, 6) is 0.627. The molecule has 1 saturated heterocycles. The summed E-state index contributed by atoms with van der Waals surface area (Å²) in [6.45, 7) is 0.289. The third-order valence-corrected chi connectivity index (χ3v) is 7.76. The highest BCUT2D eigenvalue weighted by molar-refractivity contribution is 8.15. The molecule has 27 heavy (non-hydrogen) atoms. The van der Waals surface area contributed by atoms with Crippen molar-refractivity contribution in [1.82, 2.24) is 5.32 Å². The fraction of sp³-hybridized carbons (Fsp3) is 0.294. The Balaban J connectivity index is 1.44. The lowest BCUT2D eigenvalue weighted by Gasteiger charge is -2.11. The molecule has 3 heterocycles. The maximum absolute atomic E-state index is 12.3. The van der Waals surface area contributed by atoms with E-state index in [9.17, 15) is 13.2 Å². The Kier molecular flexibility index (Phi) is 4.92. The van der Waals surface area contributed by atoms with Gasteiger partial charge in [-0.05, 0) is 30.3 Å². The molecule has 1 fully saturated rings. The Morgan fingerprint density at radius 2 is 2.19 bits per heavy atom. The van der Waals surface area contributed by atoms with Crippen LogP contribution in [0.1, 0.15) is 16.1 Å². The zero-order valence-corrected chi connectivity index (χ0v) is 16.4. The van der Waals surface area contributed by atoms with Crippen molar-refractivity contribution in [3.63, 3.8) is 0 Å². The molecule has 1 amide bonds. The van der Waals surface area contributed by atoms with Gasteiger partial charge < -0.3 is 15.1 Å². The van der Waals surface area contributed by atoms with Crippen LogP contribution in [0.15, 0.2) is 46.0 Å². The second-order valence-electron chi connectivity index (χ2n) is 6.32. The number of sulfone groups is 1. The summed E-state index contributed by atoms with van der Waals surface area (Å²) in [6.07, 6.45) is 1.55. The predicted molar refractivity (Wildman–Crippen MR) is 106 cm³/mol. The van der Waals surface area contributed by atoms with E-state index in [0.717, 1.165) is 0 Å². The number of amides is 1. The van der Waals surface area contributed by atoms with Crippen LogP contribution in [0.3, 0.4) is 0 Å². The van der Waals surface area contributed by atoms with E-state index in [-0.39, 0.29) is 35.2 Å². The molecule has 2 aliphatic heterocycles. The zero-order valence-electron chi connectivity index (χ0n) is 14.0. The van der Waals surface area contributed by atoms with Gasteiger partial charge in [-0.15, -0.1) is 0 Å². The largest absolute Gasteiger partial charge is 0.467 e. The van der Waals surface area contributed by atoms with E-state index in [1.807, 2.05) is 0 Å². The van der Waals surface area contributed by atoms with E-state index in [0.29, 0.717) is 27.2 Å². The molecule has 0 radical (unpaired) electrons.